The molecule has 0 aliphatic rings. The number of ether oxygens (including phenoxy) is 2. The molecule has 0 aliphatic heterocycles. The van der Waals surface area contributed by atoms with Crippen LogP contribution < -0.4 is 9.47 Å². The first-order chi connectivity index (χ1) is 8.04. The minimum atomic E-state index is -3.07. The first kappa shape index (κ1) is 11.5. The Bertz CT molecular complexity index is 506. The zero-order valence-electron chi connectivity index (χ0n) is 8.07. The lowest BCUT2D eigenvalue weighted by molar-refractivity contribution is -0.0664. The summed E-state index contributed by atoms with van der Waals surface area (Å²) in [6.45, 7) is -6.05. The van der Waals surface area contributed by atoms with E-state index < -0.39 is 19.3 Å². The van der Waals surface area contributed by atoms with Crippen molar-refractivity contribution in [1.82, 2.24) is 4.98 Å². The Hall–Kier alpha value is -1.99. The number of hydrogen-bond donors (Lipinski definition) is 0. The van der Waals surface area contributed by atoms with Gasteiger partial charge in [0.1, 0.15) is 11.3 Å². The quantitative estimate of drug-likeness (QED) is 0.783. The van der Waals surface area contributed by atoms with E-state index in [1.54, 1.807) is 0 Å². The molecule has 0 unspecified atom stereocenters. The lowest BCUT2D eigenvalue weighted by atomic mass is 10.3. The fourth-order valence-corrected chi connectivity index (χ4v) is 1.19. The lowest BCUT2D eigenvalue weighted by Gasteiger charge is -2.02. The summed E-state index contributed by atoms with van der Waals surface area (Å²) in [7, 11) is 0. The second-order valence-electron chi connectivity index (χ2n) is 2.87. The van der Waals surface area contributed by atoms with Crippen LogP contribution in [0.3, 0.4) is 0 Å². The lowest BCUT2D eigenvalue weighted by Crippen LogP contribution is -2.01. The fraction of sp³-hybridized carbons (Fsp3) is 0.222. The average Bonchev–Trinajstić information content (AvgIpc) is 2.56. The molecule has 1 aromatic carbocycles. The molecule has 4 nitrogen and oxygen atoms in total. The average molecular weight is 251 g/mol. The van der Waals surface area contributed by atoms with Crippen LogP contribution >= 0.6 is 0 Å². The Morgan fingerprint density at radius 2 is 1.76 bits per heavy atom. The highest BCUT2D eigenvalue weighted by molar-refractivity contribution is 5.74. The van der Waals surface area contributed by atoms with Crippen molar-refractivity contribution in [2.24, 2.45) is 0 Å². The monoisotopic (exact) mass is 251 g/mol. The van der Waals surface area contributed by atoms with Crippen LogP contribution in [0.1, 0.15) is 0 Å². The predicted octanol–water partition coefficient (Wildman–Crippen LogP) is 3.03. The Balaban J connectivity index is 2.27. The Morgan fingerprint density at radius 1 is 1.06 bits per heavy atom. The molecule has 0 bridgehead atoms. The van der Waals surface area contributed by atoms with Gasteiger partial charge in [0.15, 0.2) is 5.58 Å². The second-order valence-corrected chi connectivity index (χ2v) is 2.87. The minimum Gasteiger partial charge on any atom is -0.435 e. The summed E-state index contributed by atoms with van der Waals surface area (Å²) in [6, 6.07) is 3.60. The molecule has 0 saturated carbocycles. The summed E-state index contributed by atoms with van der Waals surface area (Å²) in [5, 5.41) is 0. The molecule has 0 N–H and O–H groups in total. The van der Waals surface area contributed by atoms with Gasteiger partial charge in [0.25, 0.3) is 0 Å². The molecule has 0 aliphatic carbocycles. The molecular weight excluding hydrogens is 246 g/mol. The van der Waals surface area contributed by atoms with E-state index in [2.05, 4.69) is 14.5 Å². The zero-order valence-corrected chi connectivity index (χ0v) is 8.07. The van der Waals surface area contributed by atoms with E-state index >= 15 is 0 Å². The Morgan fingerprint density at radius 3 is 2.41 bits per heavy atom. The Kier molecular flexibility index (Phi) is 3.03. The van der Waals surface area contributed by atoms with Crippen molar-refractivity contribution in [3.8, 4) is 11.8 Å². The van der Waals surface area contributed by atoms with Gasteiger partial charge in [-0.15, -0.1) is 0 Å². The van der Waals surface area contributed by atoms with Crippen molar-refractivity contribution < 1.29 is 31.5 Å². The predicted molar refractivity (Wildman–Crippen MR) is 47.3 cm³/mol. The maximum absolute atomic E-state index is 11.9. The molecule has 1 heterocycles. The van der Waals surface area contributed by atoms with Crippen LogP contribution in [0, 0.1) is 0 Å². The number of aromatic nitrogens is 1. The maximum Gasteiger partial charge on any atom is 0.399 e. The van der Waals surface area contributed by atoms with E-state index in [0.717, 1.165) is 6.07 Å². The van der Waals surface area contributed by atoms with Crippen molar-refractivity contribution in [1.29, 1.82) is 0 Å². The molecule has 17 heavy (non-hydrogen) atoms. The summed E-state index contributed by atoms with van der Waals surface area (Å²) in [6.07, 6.45) is -0.635. The van der Waals surface area contributed by atoms with Crippen LogP contribution in [0.25, 0.3) is 11.1 Å². The van der Waals surface area contributed by atoms with Crippen LogP contribution in [0.5, 0.6) is 11.8 Å². The molecule has 2 aromatic rings. The molecule has 8 heteroatoms. The third-order valence-electron chi connectivity index (χ3n) is 1.76. The topological polar surface area (TPSA) is 44.5 Å². The van der Waals surface area contributed by atoms with Gasteiger partial charge in [-0.1, -0.05) is 0 Å². The van der Waals surface area contributed by atoms with E-state index in [1.165, 1.54) is 12.1 Å². The molecule has 92 valence electrons. The minimum absolute atomic E-state index is 0.0128. The summed E-state index contributed by atoms with van der Waals surface area (Å²) in [5.41, 5.74) is 0.209. The Labute approximate surface area is 91.7 Å². The molecule has 0 saturated heterocycles. The van der Waals surface area contributed by atoms with Crippen LogP contribution in [-0.4, -0.2) is 18.2 Å². The molecule has 0 amide bonds. The number of nitrogens with zero attached hydrogens (tertiary/aromatic N) is 1. The van der Waals surface area contributed by atoms with E-state index in [1.807, 2.05) is 0 Å². The summed E-state index contributed by atoms with van der Waals surface area (Å²) < 4.78 is 60.3. The van der Waals surface area contributed by atoms with Crippen LogP contribution in [0.15, 0.2) is 22.6 Å². The van der Waals surface area contributed by atoms with Crippen molar-refractivity contribution in [3.05, 3.63) is 18.2 Å². The highest BCUT2D eigenvalue weighted by Gasteiger charge is 2.13. The van der Waals surface area contributed by atoms with E-state index in [-0.39, 0.29) is 16.8 Å². The first-order valence-corrected chi connectivity index (χ1v) is 4.35. The molecule has 0 spiro atoms. The van der Waals surface area contributed by atoms with E-state index in [9.17, 15) is 17.6 Å². The van der Waals surface area contributed by atoms with Gasteiger partial charge in [-0.3, -0.25) is 0 Å². The number of rotatable bonds is 4. The van der Waals surface area contributed by atoms with Crippen LogP contribution in [0.2, 0.25) is 0 Å². The number of alkyl halides is 4. The van der Waals surface area contributed by atoms with Gasteiger partial charge >= 0.3 is 19.3 Å². The highest BCUT2D eigenvalue weighted by atomic mass is 19.3. The molecule has 0 fully saturated rings. The SMILES string of the molecule is FC(F)Oc1ccc2nc(OC(F)F)oc2c1. The molecule has 0 atom stereocenters. The van der Waals surface area contributed by atoms with E-state index in [0.29, 0.717) is 0 Å². The second kappa shape index (κ2) is 4.48. The third-order valence-corrected chi connectivity index (χ3v) is 1.76. The molecule has 2 rings (SSSR count). The van der Waals surface area contributed by atoms with E-state index in [4.69, 9.17) is 4.42 Å². The van der Waals surface area contributed by atoms with Gasteiger partial charge in [0.05, 0.1) is 0 Å². The zero-order chi connectivity index (χ0) is 12.4. The van der Waals surface area contributed by atoms with Gasteiger partial charge in [-0.2, -0.15) is 22.5 Å². The van der Waals surface area contributed by atoms with Crippen molar-refractivity contribution in [2.75, 3.05) is 0 Å². The first-order valence-electron chi connectivity index (χ1n) is 4.35. The normalized spacial score (nSPS) is 11.4. The molecular formula is C9H5F4NO3. The summed E-state index contributed by atoms with van der Waals surface area (Å²) in [4.78, 5) is 3.56. The van der Waals surface area contributed by atoms with Crippen molar-refractivity contribution >= 4 is 11.1 Å². The van der Waals surface area contributed by atoms with Crippen LogP contribution in [-0.2, 0) is 0 Å². The number of benzene rings is 1. The summed E-state index contributed by atoms with van der Waals surface area (Å²) in [5.74, 6) is -0.160. The maximum atomic E-state index is 11.9. The highest BCUT2D eigenvalue weighted by Crippen LogP contribution is 2.26. The van der Waals surface area contributed by atoms with Gasteiger partial charge in [0.2, 0.25) is 0 Å². The fourth-order valence-electron chi connectivity index (χ4n) is 1.19. The third kappa shape index (κ3) is 2.77. The molecule has 0 radical (unpaired) electrons. The number of halogens is 4. The van der Waals surface area contributed by atoms with Crippen molar-refractivity contribution in [3.63, 3.8) is 0 Å². The van der Waals surface area contributed by atoms with Crippen molar-refractivity contribution in [2.45, 2.75) is 13.2 Å². The van der Waals surface area contributed by atoms with Gasteiger partial charge < -0.3 is 13.9 Å². The number of oxazole rings is 1. The largest absolute Gasteiger partial charge is 0.435 e. The van der Waals surface area contributed by atoms with Gasteiger partial charge in [0, 0.05) is 6.07 Å². The number of hydrogen-bond acceptors (Lipinski definition) is 4. The van der Waals surface area contributed by atoms with Gasteiger partial charge in [-0.25, -0.2) is 0 Å². The summed E-state index contributed by atoms with van der Waals surface area (Å²) >= 11 is 0. The standard InChI is InChI=1S/C9H5F4NO3/c10-7(11)15-4-1-2-5-6(3-4)16-9(14-5)17-8(12)13/h1-3,7-8H. The number of fused-ring (bicyclic) bond motifs is 1. The smallest absolute Gasteiger partial charge is 0.399 e. The van der Waals surface area contributed by atoms with Crippen LogP contribution in [0.4, 0.5) is 17.6 Å². The molecule has 1 aromatic heterocycles. The van der Waals surface area contributed by atoms with Gasteiger partial charge in [-0.05, 0) is 12.1 Å².